The minimum Gasteiger partial charge on any atom is -0.456 e. The minimum atomic E-state index is -0.774. The SMILES string of the molecule is CC[C@H](O)[C@@H]1C(=O)N2C(C(=O)OCc3ccc([N+](=O)[O-])cc3)=C(SCc3ccccn3)S[C@H]12. The third-order valence-corrected chi connectivity index (χ3v) is 8.06. The first kappa shape index (κ1) is 23.3. The van der Waals surface area contributed by atoms with Crippen molar-refractivity contribution in [3.8, 4) is 0 Å². The van der Waals surface area contributed by atoms with Crippen molar-refractivity contribution >= 4 is 41.1 Å². The summed E-state index contributed by atoms with van der Waals surface area (Å²) in [4.78, 5) is 41.8. The Hall–Kier alpha value is -2.89. The van der Waals surface area contributed by atoms with Gasteiger partial charge in [-0.05, 0) is 36.2 Å². The normalized spacial score (nSPS) is 20.3. The molecule has 0 spiro atoms. The molecule has 2 aromatic rings. The maximum atomic E-state index is 13.0. The lowest BCUT2D eigenvalue weighted by Gasteiger charge is -2.44. The average Bonchev–Trinajstić information content (AvgIpc) is 3.16. The Balaban J connectivity index is 1.50. The highest BCUT2D eigenvalue weighted by atomic mass is 32.2. The van der Waals surface area contributed by atoms with Gasteiger partial charge in [-0.25, -0.2) is 4.79 Å². The van der Waals surface area contributed by atoms with E-state index in [0.29, 0.717) is 22.0 Å². The third kappa shape index (κ3) is 4.75. The molecule has 3 atom stereocenters. The van der Waals surface area contributed by atoms with Gasteiger partial charge in [-0.15, -0.1) is 11.8 Å². The van der Waals surface area contributed by atoms with Crippen molar-refractivity contribution in [1.29, 1.82) is 0 Å². The molecule has 4 rings (SSSR count). The smallest absolute Gasteiger partial charge is 0.357 e. The Labute approximate surface area is 198 Å². The number of non-ortho nitro benzene ring substituents is 1. The van der Waals surface area contributed by atoms with Crippen LogP contribution in [0.2, 0.25) is 0 Å². The van der Waals surface area contributed by atoms with E-state index in [1.807, 2.05) is 25.1 Å². The van der Waals surface area contributed by atoms with E-state index in [2.05, 4.69) is 4.98 Å². The first-order valence-corrected chi connectivity index (χ1v) is 12.1. The zero-order valence-corrected chi connectivity index (χ0v) is 19.3. The topological polar surface area (TPSA) is 123 Å². The van der Waals surface area contributed by atoms with Crippen LogP contribution in [0.4, 0.5) is 5.69 Å². The Kier molecular flexibility index (Phi) is 7.01. The molecule has 172 valence electrons. The number of fused-ring (bicyclic) bond motifs is 1. The molecule has 0 unspecified atom stereocenters. The van der Waals surface area contributed by atoms with Gasteiger partial charge in [-0.2, -0.15) is 0 Å². The van der Waals surface area contributed by atoms with Crippen molar-refractivity contribution in [1.82, 2.24) is 9.88 Å². The molecule has 0 aliphatic carbocycles. The number of pyridine rings is 1. The molecule has 1 amide bonds. The molecule has 11 heteroatoms. The van der Waals surface area contributed by atoms with Gasteiger partial charge >= 0.3 is 5.97 Å². The molecule has 2 aliphatic rings. The molecule has 2 aliphatic heterocycles. The van der Waals surface area contributed by atoms with Gasteiger partial charge in [0.15, 0.2) is 5.70 Å². The Bertz CT molecular complexity index is 1090. The molecule has 1 aromatic carbocycles. The van der Waals surface area contributed by atoms with Crippen LogP contribution in [0.5, 0.6) is 0 Å². The predicted molar refractivity (Wildman–Crippen MR) is 123 cm³/mol. The summed E-state index contributed by atoms with van der Waals surface area (Å²) in [7, 11) is 0. The van der Waals surface area contributed by atoms with Gasteiger partial charge in [-0.1, -0.05) is 24.8 Å². The molecule has 1 saturated heterocycles. The number of carbonyl (C=O) groups excluding carboxylic acids is 2. The summed E-state index contributed by atoms with van der Waals surface area (Å²) in [5.41, 5.74) is 1.55. The molecular formula is C22H21N3O6S2. The summed E-state index contributed by atoms with van der Waals surface area (Å²) >= 11 is 2.78. The summed E-state index contributed by atoms with van der Waals surface area (Å²) in [6.45, 7) is 1.72. The second kappa shape index (κ2) is 9.94. The van der Waals surface area contributed by atoms with Crippen LogP contribution in [0.3, 0.4) is 0 Å². The summed E-state index contributed by atoms with van der Waals surface area (Å²) in [6.07, 6.45) is 1.36. The van der Waals surface area contributed by atoms with Crippen LogP contribution in [0, 0.1) is 16.0 Å². The number of β-lactam (4-membered cyclic amide) rings is 1. The lowest BCUT2D eigenvalue weighted by atomic mass is 9.90. The maximum absolute atomic E-state index is 13.0. The Morgan fingerprint density at radius 1 is 1.33 bits per heavy atom. The first-order chi connectivity index (χ1) is 15.9. The maximum Gasteiger partial charge on any atom is 0.357 e. The van der Waals surface area contributed by atoms with E-state index in [1.165, 1.54) is 52.7 Å². The highest BCUT2D eigenvalue weighted by Gasteiger charge is 2.58. The fraction of sp³-hybridized carbons (Fsp3) is 0.318. The lowest BCUT2D eigenvalue weighted by molar-refractivity contribution is -0.384. The predicted octanol–water partition coefficient (Wildman–Crippen LogP) is 3.44. The van der Waals surface area contributed by atoms with Crippen LogP contribution in [-0.4, -0.2) is 43.3 Å². The minimum absolute atomic E-state index is 0.0530. The van der Waals surface area contributed by atoms with Crippen LogP contribution in [-0.2, 0) is 26.7 Å². The van der Waals surface area contributed by atoms with Crippen molar-refractivity contribution < 1.29 is 24.4 Å². The van der Waals surface area contributed by atoms with Crippen molar-refractivity contribution in [2.45, 2.75) is 37.2 Å². The quantitative estimate of drug-likeness (QED) is 0.245. The molecule has 33 heavy (non-hydrogen) atoms. The highest BCUT2D eigenvalue weighted by molar-refractivity contribution is 8.22. The number of amides is 1. The molecular weight excluding hydrogens is 466 g/mol. The van der Waals surface area contributed by atoms with E-state index in [9.17, 15) is 24.8 Å². The number of aliphatic hydroxyl groups excluding tert-OH is 1. The number of carbonyl (C=O) groups is 2. The number of nitro groups is 1. The number of hydrogen-bond acceptors (Lipinski definition) is 9. The third-order valence-electron chi connectivity index (χ3n) is 5.37. The van der Waals surface area contributed by atoms with Crippen molar-refractivity contribution in [2.24, 2.45) is 5.92 Å². The van der Waals surface area contributed by atoms with Gasteiger partial charge in [0, 0.05) is 24.1 Å². The summed E-state index contributed by atoms with van der Waals surface area (Å²) < 4.78 is 6.10. The van der Waals surface area contributed by atoms with Gasteiger partial charge in [0.25, 0.3) is 5.69 Å². The van der Waals surface area contributed by atoms with Crippen LogP contribution in [0.25, 0.3) is 0 Å². The number of nitro benzene ring substituents is 1. The number of aromatic nitrogens is 1. The molecule has 0 saturated carbocycles. The van der Waals surface area contributed by atoms with Crippen LogP contribution >= 0.6 is 23.5 Å². The summed E-state index contributed by atoms with van der Waals surface area (Å²) in [6, 6.07) is 11.3. The van der Waals surface area contributed by atoms with Crippen LogP contribution < -0.4 is 0 Å². The number of rotatable bonds is 9. The first-order valence-electron chi connectivity index (χ1n) is 10.3. The van der Waals surface area contributed by atoms with Gasteiger partial charge in [-0.3, -0.25) is 24.8 Å². The Morgan fingerprint density at radius 3 is 2.73 bits per heavy atom. The number of ether oxygens (including phenoxy) is 1. The van der Waals surface area contributed by atoms with Gasteiger partial charge in [0.2, 0.25) is 5.91 Å². The van der Waals surface area contributed by atoms with E-state index in [1.54, 1.807) is 6.20 Å². The standard InChI is InChI=1S/C22H21N3O6S2/c1-2-16(26)17-19(27)24-18(21(28)31-11-13-6-8-15(9-7-13)25(29)30)22(33-20(17)24)32-12-14-5-3-4-10-23-14/h3-10,16-17,20,26H,2,11-12H2,1H3/t16-,17+,20+/m0/s1. The van der Waals surface area contributed by atoms with Gasteiger partial charge < -0.3 is 9.84 Å². The molecule has 3 heterocycles. The molecule has 1 aromatic heterocycles. The Morgan fingerprint density at radius 2 is 2.09 bits per heavy atom. The zero-order valence-electron chi connectivity index (χ0n) is 17.6. The second-order valence-corrected chi connectivity index (χ2v) is 9.83. The van der Waals surface area contributed by atoms with Crippen molar-refractivity contribution in [3.05, 3.63) is 80.0 Å². The van der Waals surface area contributed by atoms with Gasteiger partial charge in [0.05, 0.1) is 26.9 Å². The van der Waals surface area contributed by atoms with Crippen LogP contribution in [0.15, 0.2) is 58.6 Å². The molecule has 0 radical (unpaired) electrons. The summed E-state index contributed by atoms with van der Waals surface area (Å²) in [5, 5.41) is 20.7. The molecule has 9 nitrogen and oxygen atoms in total. The average molecular weight is 488 g/mol. The molecule has 1 N–H and O–H groups in total. The fourth-order valence-electron chi connectivity index (χ4n) is 3.56. The number of thioether (sulfide) groups is 2. The summed E-state index contributed by atoms with van der Waals surface area (Å²) in [5.74, 6) is -0.995. The van der Waals surface area contributed by atoms with Gasteiger partial charge in [0.1, 0.15) is 12.0 Å². The number of aliphatic hydroxyl groups is 1. The number of nitrogens with zero attached hydrogens (tertiary/aromatic N) is 3. The largest absolute Gasteiger partial charge is 0.456 e. The van der Waals surface area contributed by atoms with E-state index < -0.39 is 22.9 Å². The van der Waals surface area contributed by atoms with Crippen molar-refractivity contribution in [3.63, 3.8) is 0 Å². The van der Waals surface area contributed by atoms with E-state index in [4.69, 9.17) is 4.74 Å². The fourth-order valence-corrected chi connectivity index (χ4v) is 6.35. The van der Waals surface area contributed by atoms with Crippen molar-refractivity contribution in [2.75, 3.05) is 0 Å². The number of esters is 1. The molecule has 1 fully saturated rings. The monoisotopic (exact) mass is 487 g/mol. The number of hydrogen-bond donors (Lipinski definition) is 1. The van der Waals surface area contributed by atoms with E-state index >= 15 is 0 Å². The van der Waals surface area contributed by atoms with E-state index in [-0.39, 0.29) is 29.3 Å². The highest BCUT2D eigenvalue weighted by Crippen LogP contribution is 2.54. The lowest BCUT2D eigenvalue weighted by Crippen LogP contribution is -2.61. The zero-order chi connectivity index (χ0) is 23.5. The van der Waals surface area contributed by atoms with Crippen LogP contribution in [0.1, 0.15) is 24.6 Å². The number of benzene rings is 1. The van der Waals surface area contributed by atoms with E-state index in [0.717, 1.165) is 5.69 Å². The molecule has 0 bridgehead atoms. The second-order valence-electron chi connectivity index (χ2n) is 7.46.